The summed E-state index contributed by atoms with van der Waals surface area (Å²) in [6, 6.07) is 12.2. The van der Waals surface area contributed by atoms with Gasteiger partial charge >= 0.3 is 0 Å². The molecule has 4 N–H and O–H groups in total. The molecule has 0 radical (unpaired) electrons. The molecule has 0 aliphatic carbocycles. The van der Waals surface area contributed by atoms with Crippen molar-refractivity contribution in [3.63, 3.8) is 0 Å². The number of methoxy groups -OCH3 is 1. The van der Waals surface area contributed by atoms with E-state index >= 15 is 0 Å². The average Bonchev–Trinajstić information content (AvgIpc) is 3.01. The summed E-state index contributed by atoms with van der Waals surface area (Å²) in [7, 11) is 1.54. The molecule has 2 aromatic heterocycles. The number of hydrogen-bond donors (Lipinski definition) is 4. The van der Waals surface area contributed by atoms with Crippen molar-refractivity contribution in [1.82, 2.24) is 19.9 Å². The highest BCUT2D eigenvalue weighted by molar-refractivity contribution is 5.93. The van der Waals surface area contributed by atoms with Gasteiger partial charge < -0.3 is 34.5 Å². The van der Waals surface area contributed by atoms with Gasteiger partial charge in [-0.1, -0.05) is 6.58 Å². The number of anilines is 2. The highest BCUT2D eigenvalue weighted by Crippen LogP contribution is 2.39. The molecule has 1 fully saturated rings. The van der Waals surface area contributed by atoms with E-state index < -0.39 is 17.3 Å². The first-order valence-corrected chi connectivity index (χ1v) is 14.2. The van der Waals surface area contributed by atoms with Gasteiger partial charge in [-0.15, -0.1) is 0 Å². The van der Waals surface area contributed by atoms with Crippen molar-refractivity contribution in [2.24, 2.45) is 4.99 Å². The summed E-state index contributed by atoms with van der Waals surface area (Å²) in [5.41, 5.74) is 0.970. The molecule has 4 aromatic rings. The number of nitrogens with zero attached hydrogens (tertiary/aromatic N) is 4. The van der Waals surface area contributed by atoms with Gasteiger partial charge in [0, 0.05) is 60.9 Å². The van der Waals surface area contributed by atoms with E-state index in [1.54, 1.807) is 69.6 Å². The number of hydrogen-bond acceptors (Lipinski definition) is 9. The van der Waals surface area contributed by atoms with E-state index in [9.17, 15) is 14.3 Å². The van der Waals surface area contributed by atoms with E-state index in [-0.39, 0.29) is 6.10 Å². The van der Waals surface area contributed by atoms with Crippen LogP contribution < -0.4 is 25.0 Å². The topological polar surface area (TPSA) is 158 Å². The van der Waals surface area contributed by atoms with Crippen LogP contribution in [0.15, 0.2) is 72.4 Å². The summed E-state index contributed by atoms with van der Waals surface area (Å²) in [6.07, 6.45) is 4.83. The van der Waals surface area contributed by atoms with Crippen molar-refractivity contribution in [1.29, 1.82) is 5.41 Å². The summed E-state index contributed by atoms with van der Waals surface area (Å²) in [4.78, 5) is 29.1. The lowest BCUT2D eigenvalue weighted by Gasteiger charge is -2.32. The number of H-pyrrole nitrogens is 1. The number of piperidine rings is 1. The number of aliphatic hydroxyl groups is 1. The van der Waals surface area contributed by atoms with Crippen molar-refractivity contribution in [3.8, 4) is 23.0 Å². The molecule has 45 heavy (non-hydrogen) atoms. The van der Waals surface area contributed by atoms with E-state index in [2.05, 4.69) is 31.8 Å². The van der Waals surface area contributed by atoms with Gasteiger partial charge in [0.05, 0.1) is 18.2 Å². The maximum atomic E-state index is 13.3. The normalized spacial score (nSPS) is 14.2. The lowest BCUT2D eigenvalue weighted by atomic mass is 9.96. The van der Waals surface area contributed by atoms with Crippen LogP contribution in [0.4, 0.5) is 15.9 Å². The Morgan fingerprint density at radius 2 is 1.93 bits per heavy atom. The average molecular weight is 616 g/mol. The fourth-order valence-corrected chi connectivity index (χ4v) is 5.05. The molecule has 5 rings (SSSR count). The Kier molecular flexibility index (Phi) is 9.09. The predicted octanol–water partition coefficient (Wildman–Crippen LogP) is 5.09. The van der Waals surface area contributed by atoms with Crippen LogP contribution in [0, 0.1) is 5.41 Å². The van der Waals surface area contributed by atoms with Crippen molar-refractivity contribution >= 4 is 34.7 Å². The zero-order valence-corrected chi connectivity index (χ0v) is 25.1. The number of aromatic nitrogens is 3. The van der Waals surface area contributed by atoms with E-state index in [1.807, 2.05) is 0 Å². The van der Waals surface area contributed by atoms with Crippen molar-refractivity contribution in [2.45, 2.75) is 38.4 Å². The molecule has 0 atom stereocenters. The largest absolute Gasteiger partial charge is 0.493 e. The molecule has 13 heteroatoms. The molecule has 0 bridgehead atoms. The van der Waals surface area contributed by atoms with Crippen LogP contribution in [-0.4, -0.2) is 63.5 Å². The predicted molar refractivity (Wildman–Crippen MR) is 167 cm³/mol. The van der Waals surface area contributed by atoms with Crippen molar-refractivity contribution < 1.29 is 28.5 Å². The minimum atomic E-state index is -1.25. The quantitative estimate of drug-likeness (QED) is 0.109. The van der Waals surface area contributed by atoms with Crippen LogP contribution in [0.25, 0.3) is 10.9 Å². The summed E-state index contributed by atoms with van der Waals surface area (Å²) in [5, 5.41) is 22.3. The molecule has 1 aliphatic rings. The number of ether oxygens (including phenoxy) is 3. The molecule has 0 spiro atoms. The van der Waals surface area contributed by atoms with E-state index in [0.717, 1.165) is 6.34 Å². The first-order valence-electron chi connectivity index (χ1n) is 14.2. The van der Waals surface area contributed by atoms with Gasteiger partial charge in [0.15, 0.2) is 17.3 Å². The molecular weight excluding hydrogens is 581 g/mol. The molecule has 12 nitrogen and oxygen atoms in total. The molecule has 234 valence electrons. The number of carbonyl (C=O) groups excluding carboxylic acids is 1. The number of fused-ring (bicyclic) bond motifs is 1. The maximum Gasteiger partial charge on any atom is 0.281 e. The lowest BCUT2D eigenvalue weighted by Crippen LogP contribution is -2.41. The zero-order valence-electron chi connectivity index (χ0n) is 25.1. The highest BCUT2D eigenvalue weighted by atomic mass is 19.1. The van der Waals surface area contributed by atoms with Crippen molar-refractivity contribution in [2.75, 3.05) is 25.5 Å². The van der Waals surface area contributed by atoms with E-state index in [4.69, 9.17) is 19.6 Å². The Balaban J connectivity index is 1.42. The first kappa shape index (κ1) is 31.1. The second kappa shape index (κ2) is 13.1. The molecule has 1 saturated heterocycles. The number of rotatable bonds is 10. The fraction of sp³-hybridized carbons (Fsp3) is 0.281. The first-order chi connectivity index (χ1) is 21.5. The van der Waals surface area contributed by atoms with Crippen LogP contribution in [0.1, 0.15) is 32.3 Å². The number of nitrogens with one attached hydrogen (secondary N) is 3. The van der Waals surface area contributed by atoms with Gasteiger partial charge in [-0.3, -0.25) is 10.2 Å². The SMILES string of the molecule is C=C(F)C(=O)N1CCC(Oc2cc3c(Nc4ccc(Oc5cc[nH]/c(=N\C=N)c5)cc4C(C)(C)O)ncnc3cc2OC)CC1. The standard InChI is InChI=1S/C32H34FN7O5/c1-19(33)31(41)40-11-8-20(9-12-40)45-28-15-23-26(16-27(28)43-4)37-18-38-30(23)39-25-6-5-21(13-24(25)32(2,3)42)44-22-7-10-35-29(14-22)36-17-34/h5-7,10,13-18,20,42H,1,8-9,11-12H2,2-4H3,(H2,34,35,36)(H,37,38,39). The Morgan fingerprint density at radius 3 is 2.62 bits per heavy atom. The second-order valence-electron chi connectivity index (χ2n) is 10.9. The molecule has 2 aromatic carbocycles. The summed E-state index contributed by atoms with van der Waals surface area (Å²) >= 11 is 0. The molecular formula is C32H34FN7O5. The highest BCUT2D eigenvalue weighted by Gasteiger charge is 2.27. The zero-order chi connectivity index (χ0) is 32.1. The Morgan fingerprint density at radius 1 is 1.18 bits per heavy atom. The number of amides is 1. The van der Waals surface area contributed by atoms with Gasteiger partial charge in [0.2, 0.25) is 0 Å². The summed E-state index contributed by atoms with van der Waals surface area (Å²) < 4.78 is 31.3. The van der Waals surface area contributed by atoms with Crippen LogP contribution in [0.5, 0.6) is 23.0 Å². The molecule has 0 unspecified atom stereocenters. The Labute approximate surface area is 258 Å². The third kappa shape index (κ3) is 7.27. The molecule has 1 aliphatic heterocycles. The summed E-state index contributed by atoms with van der Waals surface area (Å²) in [5.74, 6) is 0.759. The molecule has 3 heterocycles. The van der Waals surface area contributed by atoms with Gasteiger partial charge in [-0.25, -0.2) is 19.4 Å². The van der Waals surface area contributed by atoms with Crippen LogP contribution >= 0.6 is 0 Å². The van der Waals surface area contributed by atoms with Gasteiger partial charge in [0.25, 0.3) is 5.91 Å². The number of aromatic amines is 1. The van der Waals surface area contributed by atoms with Crippen LogP contribution in [0.2, 0.25) is 0 Å². The smallest absolute Gasteiger partial charge is 0.281 e. The van der Waals surface area contributed by atoms with Crippen LogP contribution in [-0.2, 0) is 10.4 Å². The molecule has 0 saturated carbocycles. The fourth-order valence-electron chi connectivity index (χ4n) is 5.05. The monoisotopic (exact) mass is 615 g/mol. The van der Waals surface area contributed by atoms with Gasteiger partial charge in [-0.2, -0.15) is 0 Å². The van der Waals surface area contributed by atoms with Crippen molar-refractivity contribution in [3.05, 3.63) is 78.4 Å². The Hall–Kier alpha value is -5.30. The number of benzene rings is 2. The minimum absolute atomic E-state index is 0.221. The minimum Gasteiger partial charge on any atom is -0.493 e. The second-order valence-corrected chi connectivity index (χ2v) is 10.9. The molecule has 1 amide bonds. The van der Waals surface area contributed by atoms with E-state index in [1.165, 1.54) is 11.2 Å². The summed E-state index contributed by atoms with van der Waals surface area (Å²) in [6.45, 7) is 7.14. The van der Waals surface area contributed by atoms with Gasteiger partial charge in [0.1, 0.15) is 41.6 Å². The number of likely N-dealkylation sites (tertiary alicyclic amines) is 1. The number of carbonyl (C=O) groups is 1. The Bertz CT molecular complexity index is 1810. The third-order valence-electron chi connectivity index (χ3n) is 7.28. The number of halogens is 1. The lowest BCUT2D eigenvalue weighted by molar-refractivity contribution is -0.130. The van der Waals surface area contributed by atoms with Gasteiger partial charge in [-0.05, 0) is 44.2 Å². The van der Waals surface area contributed by atoms with Crippen LogP contribution in [0.3, 0.4) is 0 Å². The van der Waals surface area contributed by atoms with E-state index in [0.29, 0.717) is 82.4 Å². The third-order valence-corrected chi connectivity index (χ3v) is 7.28. The maximum absolute atomic E-state index is 13.3. The number of pyridine rings is 1.